The van der Waals surface area contributed by atoms with E-state index in [4.69, 9.17) is 0 Å². The van der Waals surface area contributed by atoms with Gasteiger partial charge in [0.15, 0.2) is 6.29 Å². The molecular formula is C12H11NO3. The SMILES string of the molecule is COC(=O)n1c(C=O)cc2cc(C)ccc21. The summed E-state index contributed by atoms with van der Waals surface area (Å²) in [5.41, 5.74) is 2.05. The third kappa shape index (κ3) is 1.48. The van der Waals surface area contributed by atoms with Gasteiger partial charge in [0.2, 0.25) is 0 Å². The summed E-state index contributed by atoms with van der Waals surface area (Å²) in [6, 6.07) is 7.28. The van der Waals surface area contributed by atoms with E-state index in [0.29, 0.717) is 17.5 Å². The first kappa shape index (κ1) is 10.4. The Hall–Kier alpha value is -2.10. The Bertz CT molecular complexity index is 569. The van der Waals surface area contributed by atoms with Gasteiger partial charge < -0.3 is 4.74 Å². The highest BCUT2D eigenvalue weighted by molar-refractivity contribution is 5.97. The largest absolute Gasteiger partial charge is 0.452 e. The van der Waals surface area contributed by atoms with E-state index in [2.05, 4.69) is 4.74 Å². The third-order valence-electron chi connectivity index (χ3n) is 2.46. The highest BCUT2D eigenvalue weighted by Gasteiger charge is 2.14. The number of benzene rings is 1. The van der Waals surface area contributed by atoms with Crippen LogP contribution in [-0.4, -0.2) is 24.1 Å². The molecule has 0 aliphatic heterocycles. The van der Waals surface area contributed by atoms with Gasteiger partial charge in [-0.25, -0.2) is 9.36 Å². The number of methoxy groups -OCH3 is 1. The maximum Gasteiger partial charge on any atom is 0.418 e. The van der Waals surface area contributed by atoms with E-state index in [0.717, 1.165) is 10.9 Å². The first-order valence-electron chi connectivity index (χ1n) is 4.83. The number of rotatable bonds is 1. The number of nitrogens with zero attached hydrogens (tertiary/aromatic N) is 1. The van der Waals surface area contributed by atoms with Crippen molar-refractivity contribution in [2.45, 2.75) is 6.92 Å². The second-order valence-corrected chi connectivity index (χ2v) is 3.55. The summed E-state index contributed by atoms with van der Waals surface area (Å²) in [6.07, 6.45) is 0.0904. The van der Waals surface area contributed by atoms with Gasteiger partial charge in [0.1, 0.15) is 0 Å². The molecule has 0 saturated heterocycles. The summed E-state index contributed by atoms with van der Waals surface area (Å²) in [6.45, 7) is 1.95. The lowest BCUT2D eigenvalue weighted by Gasteiger charge is -2.03. The average Bonchev–Trinajstić information content (AvgIpc) is 2.65. The zero-order chi connectivity index (χ0) is 11.7. The molecule has 2 rings (SSSR count). The zero-order valence-corrected chi connectivity index (χ0v) is 9.06. The van der Waals surface area contributed by atoms with Gasteiger partial charge in [0.25, 0.3) is 0 Å². The molecule has 0 aliphatic rings. The number of fused-ring (bicyclic) bond motifs is 1. The predicted molar refractivity (Wildman–Crippen MR) is 59.9 cm³/mol. The highest BCUT2D eigenvalue weighted by atomic mass is 16.5. The fourth-order valence-electron chi connectivity index (χ4n) is 1.74. The normalized spacial score (nSPS) is 10.4. The van der Waals surface area contributed by atoms with Gasteiger partial charge in [0.05, 0.1) is 18.3 Å². The number of aldehydes is 1. The van der Waals surface area contributed by atoms with Gasteiger partial charge in [0, 0.05) is 5.39 Å². The first-order valence-corrected chi connectivity index (χ1v) is 4.83. The number of hydrogen-bond donors (Lipinski definition) is 0. The predicted octanol–water partition coefficient (Wildman–Crippen LogP) is 2.38. The molecule has 1 heterocycles. The Kier molecular flexibility index (Phi) is 2.48. The lowest BCUT2D eigenvalue weighted by molar-refractivity contribution is 0.111. The number of aryl methyl sites for hydroxylation is 1. The minimum atomic E-state index is -0.555. The molecule has 0 fully saturated rings. The Morgan fingerprint density at radius 2 is 2.12 bits per heavy atom. The van der Waals surface area contributed by atoms with Crippen LogP contribution < -0.4 is 0 Å². The first-order chi connectivity index (χ1) is 7.67. The number of carbonyl (C=O) groups excluding carboxylic acids is 2. The minimum absolute atomic E-state index is 0.299. The molecule has 16 heavy (non-hydrogen) atoms. The van der Waals surface area contributed by atoms with Crippen molar-refractivity contribution in [2.75, 3.05) is 7.11 Å². The van der Waals surface area contributed by atoms with Gasteiger partial charge in [-0.15, -0.1) is 0 Å². The van der Waals surface area contributed by atoms with Gasteiger partial charge in [-0.2, -0.15) is 0 Å². The number of ether oxygens (including phenoxy) is 1. The molecule has 0 amide bonds. The van der Waals surface area contributed by atoms with Crippen molar-refractivity contribution in [2.24, 2.45) is 0 Å². The molecule has 0 unspecified atom stereocenters. The van der Waals surface area contributed by atoms with Crippen LogP contribution in [0.15, 0.2) is 24.3 Å². The fourth-order valence-corrected chi connectivity index (χ4v) is 1.74. The van der Waals surface area contributed by atoms with Crippen molar-refractivity contribution in [1.82, 2.24) is 4.57 Å². The number of aromatic nitrogens is 1. The quantitative estimate of drug-likeness (QED) is 0.689. The van der Waals surface area contributed by atoms with Crippen molar-refractivity contribution >= 4 is 23.3 Å². The maximum absolute atomic E-state index is 11.5. The molecule has 0 aliphatic carbocycles. The molecule has 1 aromatic carbocycles. The van der Waals surface area contributed by atoms with E-state index in [1.165, 1.54) is 11.7 Å². The lowest BCUT2D eigenvalue weighted by atomic mass is 10.2. The Morgan fingerprint density at radius 3 is 2.75 bits per heavy atom. The molecule has 0 saturated carbocycles. The summed E-state index contributed by atoms with van der Waals surface area (Å²) in [4.78, 5) is 22.4. The summed E-state index contributed by atoms with van der Waals surface area (Å²) in [5, 5.41) is 0.854. The van der Waals surface area contributed by atoms with Crippen LogP contribution in [-0.2, 0) is 4.74 Å². The van der Waals surface area contributed by atoms with Crippen LogP contribution in [0.25, 0.3) is 10.9 Å². The minimum Gasteiger partial charge on any atom is -0.452 e. The molecule has 0 spiro atoms. The third-order valence-corrected chi connectivity index (χ3v) is 2.46. The second kappa shape index (κ2) is 3.81. The van der Waals surface area contributed by atoms with Crippen LogP contribution in [0.3, 0.4) is 0 Å². The smallest absolute Gasteiger partial charge is 0.418 e. The van der Waals surface area contributed by atoms with Crippen molar-refractivity contribution in [3.05, 3.63) is 35.5 Å². The van der Waals surface area contributed by atoms with Gasteiger partial charge >= 0.3 is 6.09 Å². The van der Waals surface area contributed by atoms with E-state index in [9.17, 15) is 9.59 Å². The van der Waals surface area contributed by atoms with Gasteiger partial charge in [-0.1, -0.05) is 11.6 Å². The van der Waals surface area contributed by atoms with Crippen molar-refractivity contribution in [3.63, 3.8) is 0 Å². The zero-order valence-electron chi connectivity index (χ0n) is 9.06. The number of hydrogen-bond acceptors (Lipinski definition) is 3. The topological polar surface area (TPSA) is 48.3 Å². The standard InChI is InChI=1S/C12H11NO3/c1-8-3-4-11-9(5-8)6-10(7-14)13(11)12(15)16-2/h3-7H,1-2H3. The molecule has 0 N–H and O–H groups in total. The van der Waals surface area contributed by atoms with Gasteiger partial charge in [-0.3, -0.25) is 4.79 Å². The molecule has 1 aromatic heterocycles. The van der Waals surface area contributed by atoms with Crippen LogP contribution in [0.4, 0.5) is 4.79 Å². The van der Waals surface area contributed by atoms with Crippen molar-refractivity contribution < 1.29 is 14.3 Å². The van der Waals surface area contributed by atoms with Crippen LogP contribution in [0.1, 0.15) is 16.1 Å². The summed E-state index contributed by atoms with van der Waals surface area (Å²) < 4.78 is 5.91. The summed E-state index contributed by atoms with van der Waals surface area (Å²) >= 11 is 0. The lowest BCUT2D eigenvalue weighted by Crippen LogP contribution is -2.13. The van der Waals surface area contributed by atoms with Crippen molar-refractivity contribution in [1.29, 1.82) is 0 Å². The van der Waals surface area contributed by atoms with E-state index < -0.39 is 6.09 Å². The molecule has 82 valence electrons. The maximum atomic E-state index is 11.5. The molecule has 0 bridgehead atoms. The Morgan fingerprint density at radius 1 is 1.38 bits per heavy atom. The van der Waals surface area contributed by atoms with E-state index in [1.807, 2.05) is 19.1 Å². The molecule has 0 radical (unpaired) electrons. The van der Waals surface area contributed by atoms with Crippen LogP contribution >= 0.6 is 0 Å². The van der Waals surface area contributed by atoms with Crippen molar-refractivity contribution in [3.8, 4) is 0 Å². The molecular weight excluding hydrogens is 206 g/mol. The molecule has 4 nitrogen and oxygen atoms in total. The summed E-state index contributed by atoms with van der Waals surface area (Å²) in [5.74, 6) is 0. The Balaban J connectivity index is 2.78. The molecule has 0 atom stereocenters. The molecule has 2 aromatic rings. The van der Waals surface area contributed by atoms with E-state index in [-0.39, 0.29) is 0 Å². The van der Waals surface area contributed by atoms with Crippen LogP contribution in [0.2, 0.25) is 0 Å². The average molecular weight is 217 g/mol. The highest BCUT2D eigenvalue weighted by Crippen LogP contribution is 2.20. The number of carbonyl (C=O) groups is 2. The molecule has 4 heteroatoms. The summed E-state index contributed by atoms with van der Waals surface area (Å²) in [7, 11) is 1.29. The second-order valence-electron chi connectivity index (χ2n) is 3.55. The van der Waals surface area contributed by atoms with E-state index >= 15 is 0 Å². The Labute approximate surface area is 92.4 Å². The fraction of sp³-hybridized carbons (Fsp3) is 0.167. The van der Waals surface area contributed by atoms with Crippen LogP contribution in [0, 0.1) is 6.92 Å². The van der Waals surface area contributed by atoms with E-state index in [1.54, 1.807) is 12.1 Å². The monoisotopic (exact) mass is 217 g/mol. The van der Waals surface area contributed by atoms with Crippen LogP contribution in [0.5, 0.6) is 0 Å². The van der Waals surface area contributed by atoms with Gasteiger partial charge in [-0.05, 0) is 25.1 Å².